The second kappa shape index (κ2) is 10.2. The second-order valence-electron chi connectivity index (χ2n) is 6.30. The van der Waals surface area contributed by atoms with Crippen LogP contribution >= 0.6 is 0 Å². The van der Waals surface area contributed by atoms with Gasteiger partial charge in [-0.2, -0.15) is 5.10 Å². The Morgan fingerprint density at radius 2 is 1.88 bits per heavy atom. The number of carbonyl (C=O) groups is 1. The van der Waals surface area contributed by atoms with Gasteiger partial charge in [0.1, 0.15) is 6.61 Å². The maximum atomic E-state index is 11.6. The Morgan fingerprint density at radius 1 is 1.12 bits per heavy atom. The standard InChI is InChI=1S/C21H26N2O3/c1-4-25-20-13-18(14-22-23-21(24)12-16(2)3)10-11-19(20)26-15-17-8-6-5-7-9-17/h5-11,13-14,16H,4,12,15H2,1-3H3,(H,23,24)/b22-14+. The van der Waals surface area contributed by atoms with Gasteiger partial charge in [0.2, 0.25) is 5.91 Å². The van der Waals surface area contributed by atoms with Crippen LogP contribution in [0.3, 0.4) is 0 Å². The molecular formula is C21H26N2O3. The lowest BCUT2D eigenvalue weighted by Gasteiger charge is -2.12. The predicted octanol–water partition coefficient (Wildman–Crippen LogP) is 4.16. The molecule has 1 amide bonds. The summed E-state index contributed by atoms with van der Waals surface area (Å²) >= 11 is 0. The molecule has 0 heterocycles. The van der Waals surface area contributed by atoms with Crippen LogP contribution in [0.25, 0.3) is 0 Å². The highest BCUT2D eigenvalue weighted by Crippen LogP contribution is 2.28. The molecule has 0 unspecified atom stereocenters. The molecule has 2 rings (SSSR count). The van der Waals surface area contributed by atoms with Gasteiger partial charge in [0.15, 0.2) is 11.5 Å². The molecule has 26 heavy (non-hydrogen) atoms. The third-order valence-corrected chi connectivity index (χ3v) is 3.50. The van der Waals surface area contributed by atoms with E-state index in [1.807, 2.05) is 69.3 Å². The summed E-state index contributed by atoms with van der Waals surface area (Å²) in [5.74, 6) is 1.54. The van der Waals surface area contributed by atoms with Gasteiger partial charge in [-0.25, -0.2) is 5.43 Å². The number of amides is 1. The summed E-state index contributed by atoms with van der Waals surface area (Å²) in [4.78, 5) is 11.6. The Bertz CT molecular complexity index is 727. The van der Waals surface area contributed by atoms with Crippen molar-refractivity contribution in [2.24, 2.45) is 11.0 Å². The first-order chi connectivity index (χ1) is 12.6. The molecule has 5 heteroatoms. The molecular weight excluding hydrogens is 328 g/mol. The van der Waals surface area contributed by atoms with Gasteiger partial charge in [-0.05, 0) is 42.2 Å². The van der Waals surface area contributed by atoms with Crippen LogP contribution in [-0.4, -0.2) is 18.7 Å². The first-order valence-corrected chi connectivity index (χ1v) is 8.84. The van der Waals surface area contributed by atoms with Crippen molar-refractivity contribution in [3.05, 3.63) is 59.7 Å². The molecule has 0 saturated heterocycles. The Labute approximate surface area is 155 Å². The van der Waals surface area contributed by atoms with Gasteiger partial charge in [0, 0.05) is 6.42 Å². The van der Waals surface area contributed by atoms with Crippen molar-refractivity contribution >= 4 is 12.1 Å². The smallest absolute Gasteiger partial charge is 0.240 e. The molecule has 138 valence electrons. The lowest BCUT2D eigenvalue weighted by atomic mass is 10.1. The van der Waals surface area contributed by atoms with E-state index in [1.54, 1.807) is 6.21 Å². The van der Waals surface area contributed by atoms with Crippen molar-refractivity contribution in [3.8, 4) is 11.5 Å². The number of hydrogen-bond donors (Lipinski definition) is 1. The summed E-state index contributed by atoms with van der Waals surface area (Å²) in [7, 11) is 0. The lowest BCUT2D eigenvalue weighted by molar-refractivity contribution is -0.121. The summed E-state index contributed by atoms with van der Waals surface area (Å²) in [5.41, 5.74) is 4.45. The highest BCUT2D eigenvalue weighted by molar-refractivity contribution is 5.83. The van der Waals surface area contributed by atoms with Gasteiger partial charge in [-0.3, -0.25) is 4.79 Å². The number of hydrazone groups is 1. The van der Waals surface area contributed by atoms with Crippen LogP contribution in [0.1, 0.15) is 38.3 Å². The molecule has 0 aromatic heterocycles. The molecule has 0 aliphatic heterocycles. The number of rotatable bonds is 9. The zero-order chi connectivity index (χ0) is 18.8. The third kappa shape index (κ3) is 6.59. The molecule has 0 radical (unpaired) electrons. The normalized spacial score (nSPS) is 10.9. The fraction of sp³-hybridized carbons (Fsp3) is 0.333. The van der Waals surface area contributed by atoms with E-state index in [4.69, 9.17) is 9.47 Å². The van der Waals surface area contributed by atoms with Crippen molar-refractivity contribution in [1.29, 1.82) is 0 Å². The van der Waals surface area contributed by atoms with Crippen LogP contribution in [0.4, 0.5) is 0 Å². The Balaban J connectivity index is 2.01. The van der Waals surface area contributed by atoms with Gasteiger partial charge in [-0.15, -0.1) is 0 Å². The summed E-state index contributed by atoms with van der Waals surface area (Å²) in [5, 5.41) is 4.00. The minimum absolute atomic E-state index is 0.0934. The Hall–Kier alpha value is -2.82. The molecule has 0 spiro atoms. The van der Waals surface area contributed by atoms with Crippen LogP contribution in [0.5, 0.6) is 11.5 Å². The monoisotopic (exact) mass is 354 g/mol. The maximum Gasteiger partial charge on any atom is 0.240 e. The lowest BCUT2D eigenvalue weighted by Crippen LogP contribution is -2.19. The number of benzene rings is 2. The van der Waals surface area contributed by atoms with Crippen LogP contribution in [-0.2, 0) is 11.4 Å². The molecule has 0 fully saturated rings. The molecule has 0 saturated carbocycles. The number of hydrogen-bond acceptors (Lipinski definition) is 4. The highest BCUT2D eigenvalue weighted by Gasteiger charge is 2.07. The molecule has 0 atom stereocenters. The Kier molecular flexibility index (Phi) is 7.68. The van der Waals surface area contributed by atoms with E-state index in [0.717, 1.165) is 11.1 Å². The number of carbonyl (C=O) groups excluding carboxylic acids is 1. The van der Waals surface area contributed by atoms with E-state index in [2.05, 4.69) is 10.5 Å². The average Bonchev–Trinajstić information content (AvgIpc) is 2.61. The number of nitrogens with zero attached hydrogens (tertiary/aromatic N) is 1. The van der Waals surface area contributed by atoms with Crippen molar-refractivity contribution < 1.29 is 14.3 Å². The van der Waals surface area contributed by atoms with Crippen LogP contribution in [0.2, 0.25) is 0 Å². The fourth-order valence-corrected chi connectivity index (χ4v) is 2.32. The van der Waals surface area contributed by atoms with Crippen molar-refractivity contribution in [3.63, 3.8) is 0 Å². The minimum Gasteiger partial charge on any atom is -0.490 e. The molecule has 2 aromatic rings. The van der Waals surface area contributed by atoms with Crippen LogP contribution in [0, 0.1) is 5.92 Å². The van der Waals surface area contributed by atoms with Gasteiger partial charge in [-0.1, -0.05) is 44.2 Å². The summed E-state index contributed by atoms with van der Waals surface area (Å²) in [6.07, 6.45) is 2.05. The zero-order valence-corrected chi connectivity index (χ0v) is 15.6. The molecule has 0 aliphatic carbocycles. The molecule has 2 aromatic carbocycles. The fourth-order valence-electron chi connectivity index (χ4n) is 2.32. The van der Waals surface area contributed by atoms with E-state index in [1.165, 1.54) is 0 Å². The first-order valence-electron chi connectivity index (χ1n) is 8.84. The van der Waals surface area contributed by atoms with E-state index >= 15 is 0 Å². The third-order valence-electron chi connectivity index (χ3n) is 3.50. The summed E-state index contributed by atoms with van der Waals surface area (Å²) < 4.78 is 11.6. The van der Waals surface area contributed by atoms with Crippen molar-refractivity contribution in [2.45, 2.75) is 33.8 Å². The van der Waals surface area contributed by atoms with E-state index in [9.17, 15) is 4.79 Å². The molecule has 0 aliphatic rings. The SMILES string of the molecule is CCOc1cc(/C=N/NC(=O)CC(C)C)ccc1OCc1ccccc1. The maximum absolute atomic E-state index is 11.6. The van der Waals surface area contributed by atoms with Gasteiger partial charge in [0.05, 0.1) is 12.8 Å². The topological polar surface area (TPSA) is 59.9 Å². The predicted molar refractivity (Wildman–Crippen MR) is 104 cm³/mol. The van der Waals surface area contributed by atoms with Crippen molar-refractivity contribution in [1.82, 2.24) is 5.43 Å². The molecule has 0 bridgehead atoms. The second-order valence-corrected chi connectivity index (χ2v) is 6.30. The highest BCUT2D eigenvalue weighted by atomic mass is 16.5. The minimum atomic E-state index is -0.0934. The van der Waals surface area contributed by atoms with Crippen molar-refractivity contribution in [2.75, 3.05) is 6.61 Å². The van der Waals surface area contributed by atoms with Gasteiger partial charge >= 0.3 is 0 Å². The summed E-state index contributed by atoms with van der Waals surface area (Å²) in [6.45, 7) is 6.92. The number of ether oxygens (including phenoxy) is 2. The first kappa shape index (κ1) is 19.5. The van der Waals surface area contributed by atoms with Crippen LogP contribution < -0.4 is 14.9 Å². The molecule has 5 nitrogen and oxygen atoms in total. The Morgan fingerprint density at radius 3 is 2.58 bits per heavy atom. The van der Waals surface area contributed by atoms with Gasteiger partial charge < -0.3 is 9.47 Å². The quantitative estimate of drug-likeness (QED) is 0.543. The zero-order valence-electron chi connectivity index (χ0n) is 15.6. The van der Waals surface area contributed by atoms with Gasteiger partial charge in [0.25, 0.3) is 0 Å². The molecule has 1 N–H and O–H groups in total. The van der Waals surface area contributed by atoms with E-state index < -0.39 is 0 Å². The van der Waals surface area contributed by atoms with E-state index in [-0.39, 0.29) is 5.91 Å². The van der Waals surface area contributed by atoms with E-state index in [0.29, 0.717) is 37.1 Å². The average molecular weight is 354 g/mol. The van der Waals surface area contributed by atoms with Crippen LogP contribution in [0.15, 0.2) is 53.6 Å². The summed E-state index contributed by atoms with van der Waals surface area (Å²) in [6, 6.07) is 15.5. The number of nitrogens with one attached hydrogen (secondary N) is 1. The largest absolute Gasteiger partial charge is 0.490 e.